The van der Waals surface area contributed by atoms with Gasteiger partial charge >= 0.3 is 11.9 Å². The molecule has 108 valence electrons. The van der Waals surface area contributed by atoms with E-state index < -0.39 is 18.0 Å². The van der Waals surface area contributed by atoms with Crippen LogP contribution in [0.25, 0.3) is 0 Å². The molecule has 0 aliphatic heterocycles. The van der Waals surface area contributed by atoms with Crippen LogP contribution in [0.2, 0.25) is 0 Å². The van der Waals surface area contributed by atoms with E-state index in [2.05, 4.69) is 12.2 Å². The molecular formula is C13H21NO5. The smallest absolute Gasteiger partial charge is 0.326 e. The number of nitrogens with one attached hydrogen (secondary N) is 1. The number of carbonyl (C=O) groups is 3. The summed E-state index contributed by atoms with van der Waals surface area (Å²) in [5.74, 6) is -2.02. The van der Waals surface area contributed by atoms with Crippen molar-refractivity contribution in [3.05, 3.63) is 0 Å². The molecule has 0 unspecified atom stereocenters. The number of hydrogen-bond donors (Lipinski definition) is 3. The fourth-order valence-corrected chi connectivity index (χ4v) is 2.34. The van der Waals surface area contributed by atoms with E-state index in [0.717, 1.165) is 25.7 Å². The average Bonchev–Trinajstić information content (AvgIpc) is 2.34. The number of amides is 1. The average molecular weight is 271 g/mol. The molecule has 0 aromatic rings. The minimum atomic E-state index is -1.18. The van der Waals surface area contributed by atoms with E-state index >= 15 is 0 Å². The van der Waals surface area contributed by atoms with E-state index in [4.69, 9.17) is 10.2 Å². The van der Waals surface area contributed by atoms with Crippen LogP contribution in [0.4, 0.5) is 0 Å². The van der Waals surface area contributed by atoms with Gasteiger partial charge in [0.05, 0.1) is 0 Å². The second-order valence-corrected chi connectivity index (χ2v) is 5.29. The van der Waals surface area contributed by atoms with E-state index in [1.165, 1.54) is 0 Å². The standard InChI is InChI=1S/C13H21NO5/c1-8-2-4-9(5-3-8)12(17)14-10(13(18)19)6-7-11(15)16/h8-10H,2-7H2,1H3,(H,14,17)(H,15,16)(H,18,19)/t8?,9?,10-/m0/s1. The Morgan fingerprint density at radius 1 is 1.16 bits per heavy atom. The molecule has 0 aromatic carbocycles. The van der Waals surface area contributed by atoms with Crippen LogP contribution in [-0.2, 0) is 14.4 Å². The number of carboxylic acid groups (broad SMARTS) is 2. The van der Waals surface area contributed by atoms with Gasteiger partial charge in [-0.1, -0.05) is 6.92 Å². The van der Waals surface area contributed by atoms with Crippen molar-refractivity contribution in [2.45, 2.75) is 51.5 Å². The Labute approximate surface area is 112 Å². The summed E-state index contributed by atoms with van der Waals surface area (Å²) in [5, 5.41) is 20.0. The highest BCUT2D eigenvalue weighted by Gasteiger charge is 2.28. The first kappa shape index (κ1) is 15.5. The summed E-state index contributed by atoms with van der Waals surface area (Å²) in [5.41, 5.74) is 0. The van der Waals surface area contributed by atoms with Gasteiger partial charge in [-0.3, -0.25) is 9.59 Å². The molecule has 1 aliphatic carbocycles. The van der Waals surface area contributed by atoms with Gasteiger partial charge in [-0.05, 0) is 38.0 Å². The molecule has 0 aromatic heterocycles. The monoisotopic (exact) mass is 271 g/mol. The summed E-state index contributed by atoms with van der Waals surface area (Å²) in [4.78, 5) is 33.4. The fourth-order valence-electron chi connectivity index (χ4n) is 2.34. The lowest BCUT2D eigenvalue weighted by Crippen LogP contribution is -2.44. The molecule has 1 atom stereocenters. The van der Waals surface area contributed by atoms with E-state index in [9.17, 15) is 14.4 Å². The number of carbonyl (C=O) groups excluding carboxylic acids is 1. The zero-order valence-electron chi connectivity index (χ0n) is 11.1. The van der Waals surface area contributed by atoms with Crippen molar-refractivity contribution in [3.63, 3.8) is 0 Å². The molecule has 0 radical (unpaired) electrons. The molecule has 0 bridgehead atoms. The lowest BCUT2D eigenvalue weighted by molar-refractivity contribution is -0.143. The van der Waals surface area contributed by atoms with E-state index in [1.807, 2.05) is 0 Å². The topological polar surface area (TPSA) is 104 Å². The van der Waals surface area contributed by atoms with Gasteiger partial charge in [0.15, 0.2) is 0 Å². The highest BCUT2D eigenvalue weighted by Crippen LogP contribution is 2.28. The van der Waals surface area contributed by atoms with Crippen molar-refractivity contribution in [1.82, 2.24) is 5.32 Å². The molecule has 3 N–H and O–H groups in total. The first-order valence-corrected chi connectivity index (χ1v) is 6.65. The van der Waals surface area contributed by atoms with E-state index in [1.54, 1.807) is 0 Å². The first-order valence-electron chi connectivity index (χ1n) is 6.65. The Kier molecular flexibility index (Phi) is 5.79. The van der Waals surface area contributed by atoms with Crippen LogP contribution in [0.15, 0.2) is 0 Å². The normalized spacial score (nSPS) is 24.5. The molecule has 0 saturated heterocycles. The van der Waals surface area contributed by atoms with Crippen LogP contribution in [0.3, 0.4) is 0 Å². The third kappa shape index (κ3) is 5.28. The maximum absolute atomic E-state index is 11.9. The van der Waals surface area contributed by atoms with Crippen LogP contribution in [0, 0.1) is 11.8 Å². The van der Waals surface area contributed by atoms with Gasteiger partial charge in [-0.2, -0.15) is 0 Å². The van der Waals surface area contributed by atoms with Gasteiger partial charge in [0, 0.05) is 12.3 Å². The third-order valence-corrected chi connectivity index (χ3v) is 3.65. The van der Waals surface area contributed by atoms with Crippen molar-refractivity contribution in [1.29, 1.82) is 0 Å². The molecule has 6 heteroatoms. The molecule has 1 aliphatic rings. The Morgan fingerprint density at radius 3 is 2.21 bits per heavy atom. The Bertz CT molecular complexity index is 347. The maximum atomic E-state index is 11.9. The number of hydrogen-bond acceptors (Lipinski definition) is 3. The summed E-state index contributed by atoms with van der Waals surface area (Å²) in [6, 6.07) is -1.11. The first-order chi connectivity index (χ1) is 8.90. The number of aliphatic carboxylic acids is 2. The summed E-state index contributed by atoms with van der Waals surface area (Å²) in [7, 11) is 0. The fraction of sp³-hybridized carbons (Fsp3) is 0.769. The molecule has 6 nitrogen and oxygen atoms in total. The maximum Gasteiger partial charge on any atom is 0.326 e. The predicted octanol–water partition coefficient (Wildman–Crippen LogP) is 1.25. The van der Waals surface area contributed by atoms with Crippen molar-refractivity contribution in [2.24, 2.45) is 11.8 Å². The van der Waals surface area contributed by atoms with Crippen LogP contribution < -0.4 is 5.32 Å². The molecular weight excluding hydrogens is 250 g/mol. The van der Waals surface area contributed by atoms with Crippen molar-refractivity contribution in [3.8, 4) is 0 Å². The zero-order valence-corrected chi connectivity index (χ0v) is 11.1. The third-order valence-electron chi connectivity index (χ3n) is 3.65. The molecule has 0 heterocycles. The van der Waals surface area contributed by atoms with Gasteiger partial charge < -0.3 is 15.5 Å². The van der Waals surface area contributed by atoms with E-state index in [-0.39, 0.29) is 24.7 Å². The predicted molar refractivity (Wildman–Crippen MR) is 67.6 cm³/mol. The number of rotatable bonds is 6. The van der Waals surface area contributed by atoms with E-state index in [0.29, 0.717) is 5.92 Å². The summed E-state index contributed by atoms with van der Waals surface area (Å²) in [6.07, 6.45) is 3.16. The summed E-state index contributed by atoms with van der Waals surface area (Å²) >= 11 is 0. The Balaban J connectivity index is 2.46. The van der Waals surface area contributed by atoms with Crippen molar-refractivity contribution in [2.75, 3.05) is 0 Å². The molecule has 1 fully saturated rings. The highest BCUT2D eigenvalue weighted by molar-refractivity contribution is 5.85. The van der Waals surface area contributed by atoms with Gasteiger partial charge in [0.2, 0.25) is 5.91 Å². The molecule has 1 amide bonds. The molecule has 1 saturated carbocycles. The second kappa shape index (κ2) is 7.11. The largest absolute Gasteiger partial charge is 0.481 e. The minimum absolute atomic E-state index is 0.0838. The minimum Gasteiger partial charge on any atom is -0.481 e. The van der Waals surface area contributed by atoms with Gasteiger partial charge in [0.1, 0.15) is 6.04 Å². The number of carboxylic acids is 2. The molecule has 1 rings (SSSR count). The lowest BCUT2D eigenvalue weighted by atomic mass is 9.82. The van der Waals surface area contributed by atoms with Crippen molar-refractivity contribution >= 4 is 17.8 Å². The SMILES string of the molecule is CC1CCC(C(=O)N[C@@H](CCC(=O)O)C(=O)O)CC1. The molecule has 19 heavy (non-hydrogen) atoms. The Morgan fingerprint density at radius 2 is 1.74 bits per heavy atom. The summed E-state index contributed by atoms with van der Waals surface area (Å²) in [6.45, 7) is 2.14. The van der Waals surface area contributed by atoms with Crippen LogP contribution in [-0.4, -0.2) is 34.1 Å². The second-order valence-electron chi connectivity index (χ2n) is 5.29. The van der Waals surface area contributed by atoms with Crippen molar-refractivity contribution < 1.29 is 24.6 Å². The van der Waals surface area contributed by atoms with Crippen LogP contribution >= 0.6 is 0 Å². The van der Waals surface area contributed by atoms with Gasteiger partial charge in [0.25, 0.3) is 0 Å². The molecule has 0 spiro atoms. The zero-order chi connectivity index (χ0) is 14.4. The summed E-state index contributed by atoms with van der Waals surface area (Å²) < 4.78 is 0. The van der Waals surface area contributed by atoms with Gasteiger partial charge in [-0.25, -0.2) is 4.79 Å². The van der Waals surface area contributed by atoms with Crippen LogP contribution in [0.1, 0.15) is 45.4 Å². The quantitative estimate of drug-likeness (QED) is 0.674. The van der Waals surface area contributed by atoms with Gasteiger partial charge in [-0.15, -0.1) is 0 Å². The van der Waals surface area contributed by atoms with Crippen LogP contribution in [0.5, 0.6) is 0 Å². The lowest BCUT2D eigenvalue weighted by Gasteiger charge is -2.26. The Hall–Kier alpha value is -1.59. The highest BCUT2D eigenvalue weighted by atomic mass is 16.4.